The fourth-order valence-electron chi connectivity index (χ4n) is 4.06. The lowest BCUT2D eigenvalue weighted by Gasteiger charge is -2.34. The van der Waals surface area contributed by atoms with Crippen LogP contribution < -0.4 is 9.62 Å². The van der Waals surface area contributed by atoms with Crippen LogP contribution in [-0.2, 0) is 32.6 Å². The van der Waals surface area contributed by atoms with E-state index in [4.69, 9.17) is 0 Å². The summed E-state index contributed by atoms with van der Waals surface area (Å²) in [6.07, 6.45) is 1.34. The van der Waals surface area contributed by atoms with Gasteiger partial charge >= 0.3 is 0 Å². The smallest absolute Gasteiger partial charge is 0.244 e. The Hall–Kier alpha value is -2.69. The highest BCUT2D eigenvalue weighted by molar-refractivity contribution is 9.10. The van der Waals surface area contributed by atoms with Crippen molar-refractivity contribution in [2.24, 2.45) is 5.92 Å². The van der Waals surface area contributed by atoms with Gasteiger partial charge < -0.3 is 10.2 Å². The first-order valence-corrected chi connectivity index (χ1v) is 16.0. The van der Waals surface area contributed by atoms with Gasteiger partial charge in [0.25, 0.3) is 0 Å². The first kappa shape index (κ1) is 30.8. The molecule has 0 radical (unpaired) electrons. The number of hydrogen-bond acceptors (Lipinski definition) is 4. The Kier molecular flexibility index (Phi) is 11.1. The van der Waals surface area contributed by atoms with Crippen molar-refractivity contribution in [2.75, 3.05) is 23.7 Å². The number of nitrogens with zero attached hydrogens (tertiary/aromatic N) is 2. The molecule has 3 aromatic carbocycles. The monoisotopic (exact) mass is 677 g/mol. The van der Waals surface area contributed by atoms with Crippen LogP contribution in [0.2, 0.25) is 0 Å². The summed E-state index contributed by atoms with van der Waals surface area (Å²) in [5, 5.41) is 2.98. The van der Waals surface area contributed by atoms with Crippen molar-refractivity contribution in [3.05, 3.63) is 98.9 Å². The molecule has 0 aliphatic heterocycles. The molecule has 7 nitrogen and oxygen atoms in total. The summed E-state index contributed by atoms with van der Waals surface area (Å²) in [5.74, 6) is -0.559. The standard InChI is InChI=1S/C29H33Br2N3O4S/c1-21(2)18-32-29(36)27(17-22-10-5-4-6-11-22)33(19-23-12-9-13-24(30)16-23)28(35)20-34(39(3,37)38)26-15-8-7-14-25(26)31/h4-16,21,27H,17-20H2,1-3H3,(H,32,36). The number of sulfonamides is 1. The summed E-state index contributed by atoms with van der Waals surface area (Å²) >= 11 is 6.89. The molecule has 1 unspecified atom stereocenters. The summed E-state index contributed by atoms with van der Waals surface area (Å²) < 4.78 is 28.2. The predicted molar refractivity (Wildman–Crippen MR) is 163 cm³/mol. The zero-order valence-corrected chi connectivity index (χ0v) is 26.2. The molecular formula is C29H33Br2N3O4S. The molecule has 39 heavy (non-hydrogen) atoms. The van der Waals surface area contributed by atoms with Gasteiger partial charge in [0.15, 0.2) is 0 Å². The van der Waals surface area contributed by atoms with E-state index < -0.39 is 28.5 Å². The van der Waals surface area contributed by atoms with Crippen LogP contribution in [0.4, 0.5) is 5.69 Å². The average Bonchev–Trinajstić information content (AvgIpc) is 2.88. The molecule has 0 spiro atoms. The molecule has 0 aliphatic carbocycles. The predicted octanol–water partition coefficient (Wildman–Crippen LogP) is 5.39. The molecule has 3 aromatic rings. The molecule has 10 heteroatoms. The van der Waals surface area contributed by atoms with Crippen molar-refractivity contribution in [1.82, 2.24) is 10.2 Å². The molecule has 0 aliphatic rings. The Morgan fingerprint density at radius 3 is 2.15 bits per heavy atom. The highest BCUT2D eigenvalue weighted by Crippen LogP contribution is 2.28. The molecule has 0 saturated heterocycles. The SMILES string of the molecule is CC(C)CNC(=O)C(Cc1ccccc1)N(Cc1cccc(Br)c1)C(=O)CN(c1ccccc1Br)S(C)(=O)=O. The van der Waals surface area contributed by atoms with Gasteiger partial charge in [0.2, 0.25) is 21.8 Å². The summed E-state index contributed by atoms with van der Waals surface area (Å²) in [5.41, 5.74) is 2.04. The second-order valence-corrected chi connectivity index (χ2v) is 13.4. The van der Waals surface area contributed by atoms with E-state index in [9.17, 15) is 18.0 Å². The van der Waals surface area contributed by atoms with Gasteiger partial charge in [0.05, 0.1) is 11.9 Å². The molecule has 0 fully saturated rings. The number of halogens is 2. The third-order valence-corrected chi connectivity index (χ3v) is 8.29. The van der Waals surface area contributed by atoms with Gasteiger partial charge in [-0.1, -0.05) is 84.4 Å². The minimum Gasteiger partial charge on any atom is -0.354 e. The van der Waals surface area contributed by atoms with Crippen LogP contribution in [0.1, 0.15) is 25.0 Å². The molecule has 1 N–H and O–H groups in total. The van der Waals surface area contributed by atoms with E-state index in [0.29, 0.717) is 16.7 Å². The topological polar surface area (TPSA) is 86.8 Å². The maximum absolute atomic E-state index is 14.1. The minimum atomic E-state index is -3.83. The van der Waals surface area contributed by atoms with Crippen molar-refractivity contribution in [2.45, 2.75) is 32.9 Å². The molecular weight excluding hydrogens is 646 g/mol. The number of amides is 2. The van der Waals surface area contributed by atoms with Crippen LogP contribution >= 0.6 is 31.9 Å². The van der Waals surface area contributed by atoms with Crippen molar-refractivity contribution < 1.29 is 18.0 Å². The largest absolute Gasteiger partial charge is 0.354 e. The molecule has 0 heterocycles. The van der Waals surface area contributed by atoms with Crippen molar-refractivity contribution in [1.29, 1.82) is 0 Å². The Bertz CT molecular complexity index is 1380. The molecule has 0 bridgehead atoms. The second-order valence-electron chi connectivity index (χ2n) is 9.72. The van der Waals surface area contributed by atoms with E-state index in [1.165, 1.54) is 4.90 Å². The summed E-state index contributed by atoms with van der Waals surface area (Å²) in [7, 11) is -3.83. The van der Waals surface area contributed by atoms with Gasteiger partial charge in [0, 0.05) is 28.5 Å². The molecule has 2 amide bonds. The number of nitrogens with one attached hydrogen (secondary N) is 1. The number of carbonyl (C=O) groups excluding carboxylic acids is 2. The van der Waals surface area contributed by atoms with E-state index in [1.54, 1.807) is 24.3 Å². The summed E-state index contributed by atoms with van der Waals surface area (Å²) in [6, 6.07) is 22.9. The fraction of sp³-hybridized carbons (Fsp3) is 0.310. The lowest BCUT2D eigenvalue weighted by Crippen LogP contribution is -2.53. The van der Waals surface area contributed by atoms with Crippen LogP contribution in [0.3, 0.4) is 0 Å². The second kappa shape index (κ2) is 14.1. The molecule has 0 aromatic heterocycles. The molecule has 1 atom stereocenters. The fourth-order valence-corrected chi connectivity index (χ4v) is 5.98. The van der Waals surface area contributed by atoms with Crippen molar-refractivity contribution in [3.8, 4) is 0 Å². The maximum atomic E-state index is 14.1. The quantitative estimate of drug-likeness (QED) is 0.278. The van der Waals surface area contributed by atoms with Crippen LogP contribution in [0, 0.1) is 5.92 Å². The first-order valence-electron chi connectivity index (χ1n) is 12.5. The van der Waals surface area contributed by atoms with E-state index in [2.05, 4.69) is 37.2 Å². The molecule has 0 saturated carbocycles. The zero-order chi connectivity index (χ0) is 28.6. The number of carbonyl (C=O) groups is 2. The highest BCUT2D eigenvalue weighted by atomic mass is 79.9. The average molecular weight is 679 g/mol. The summed E-state index contributed by atoms with van der Waals surface area (Å²) in [4.78, 5) is 29.2. The number of rotatable bonds is 12. The number of hydrogen-bond donors (Lipinski definition) is 1. The van der Waals surface area contributed by atoms with Gasteiger partial charge in [-0.25, -0.2) is 8.42 Å². The van der Waals surface area contributed by atoms with Crippen molar-refractivity contribution >= 4 is 59.4 Å². The lowest BCUT2D eigenvalue weighted by atomic mass is 10.0. The van der Waals surface area contributed by atoms with Crippen LogP contribution in [0.25, 0.3) is 0 Å². The number of para-hydroxylation sites is 1. The van der Waals surface area contributed by atoms with E-state index in [-0.39, 0.29) is 24.8 Å². The lowest BCUT2D eigenvalue weighted by molar-refractivity contribution is -0.140. The van der Waals surface area contributed by atoms with Crippen LogP contribution in [-0.4, -0.2) is 50.5 Å². The van der Waals surface area contributed by atoms with E-state index in [0.717, 1.165) is 26.2 Å². The highest BCUT2D eigenvalue weighted by Gasteiger charge is 2.33. The van der Waals surface area contributed by atoms with Gasteiger partial charge in [-0.15, -0.1) is 0 Å². The van der Waals surface area contributed by atoms with Gasteiger partial charge in [-0.3, -0.25) is 13.9 Å². The number of benzene rings is 3. The van der Waals surface area contributed by atoms with Crippen molar-refractivity contribution in [3.63, 3.8) is 0 Å². The Balaban J connectivity index is 2.05. The zero-order valence-electron chi connectivity index (χ0n) is 22.2. The van der Waals surface area contributed by atoms with Crippen LogP contribution in [0.15, 0.2) is 87.8 Å². The summed E-state index contributed by atoms with van der Waals surface area (Å²) in [6.45, 7) is 4.11. The Morgan fingerprint density at radius 2 is 1.54 bits per heavy atom. The van der Waals surface area contributed by atoms with Crippen LogP contribution in [0.5, 0.6) is 0 Å². The van der Waals surface area contributed by atoms with E-state index >= 15 is 0 Å². The van der Waals surface area contributed by atoms with Gasteiger partial charge in [-0.2, -0.15) is 0 Å². The Morgan fingerprint density at radius 1 is 0.897 bits per heavy atom. The first-order chi connectivity index (χ1) is 18.5. The van der Waals surface area contributed by atoms with E-state index in [1.807, 2.05) is 68.4 Å². The minimum absolute atomic E-state index is 0.123. The van der Waals surface area contributed by atoms with Gasteiger partial charge in [0.1, 0.15) is 12.6 Å². The Labute approximate surface area is 247 Å². The third kappa shape index (κ3) is 9.19. The number of anilines is 1. The maximum Gasteiger partial charge on any atom is 0.244 e. The molecule has 3 rings (SSSR count). The molecule has 208 valence electrons. The van der Waals surface area contributed by atoms with Gasteiger partial charge in [-0.05, 0) is 57.2 Å². The normalized spacial score (nSPS) is 12.2. The third-order valence-electron chi connectivity index (χ3n) is 6.00.